The van der Waals surface area contributed by atoms with E-state index in [1.54, 1.807) is 6.92 Å². The van der Waals surface area contributed by atoms with Crippen molar-refractivity contribution in [3.05, 3.63) is 29.2 Å². The van der Waals surface area contributed by atoms with Crippen LogP contribution in [0.3, 0.4) is 0 Å². The highest BCUT2D eigenvalue weighted by Crippen LogP contribution is 2.12. The number of Topliss-reactive ketones (excluding diaryl/α,β-unsaturated/α-hetero) is 1. The van der Waals surface area contributed by atoms with Gasteiger partial charge in [-0.25, -0.2) is 9.50 Å². The lowest BCUT2D eigenvalue weighted by Crippen LogP contribution is -2.05. The molecule has 5 nitrogen and oxygen atoms in total. The Morgan fingerprint density at radius 3 is 2.87 bits per heavy atom. The largest absolute Gasteiger partial charge is 0.294 e. The number of rotatable bonds is 1. The van der Waals surface area contributed by atoms with E-state index in [1.807, 2.05) is 6.07 Å². The third-order valence-electron chi connectivity index (χ3n) is 2.27. The standard InChI is InChI=1S/C10H8N4O/c1-6-9(7(2)15)5-12-10-8(3-11)4-13-14(6)10/h4-5H,1-2H3. The highest BCUT2D eigenvalue weighted by atomic mass is 16.1. The zero-order valence-corrected chi connectivity index (χ0v) is 8.35. The lowest BCUT2D eigenvalue weighted by atomic mass is 10.2. The number of ketones is 1. The molecule has 0 saturated carbocycles. The van der Waals surface area contributed by atoms with Gasteiger partial charge in [-0.15, -0.1) is 0 Å². The molecule has 0 aliphatic rings. The third-order valence-corrected chi connectivity index (χ3v) is 2.27. The Morgan fingerprint density at radius 1 is 1.53 bits per heavy atom. The SMILES string of the molecule is CC(=O)c1cnc2c(C#N)cnn2c1C. The number of nitrogens with zero attached hydrogens (tertiary/aromatic N) is 4. The van der Waals surface area contributed by atoms with E-state index in [2.05, 4.69) is 10.1 Å². The average molecular weight is 200 g/mol. The van der Waals surface area contributed by atoms with Gasteiger partial charge in [0, 0.05) is 6.20 Å². The molecule has 2 aromatic rings. The van der Waals surface area contributed by atoms with Crippen LogP contribution in [-0.2, 0) is 0 Å². The van der Waals surface area contributed by atoms with Gasteiger partial charge in [0.1, 0.15) is 11.6 Å². The molecular formula is C10H8N4O. The van der Waals surface area contributed by atoms with Gasteiger partial charge in [-0.05, 0) is 13.8 Å². The van der Waals surface area contributed by atoms with E-state index >= 15 is 0 Å². The number of hydrogen-bond acceptors (Lipinski definition) is 4. The molecule has 0 unspecified atom stereocenters. The minimum atomic E-state index is -0.0593. The summed E-state index contributed by atoms with van der Waals surface area (Å²) in [7, 11) is 0. The highest BCUT2D eigenvalue weighted by molar-refractivity contribution is 5.95. The van der Waals surface area contributed by atoms with Gasteiger partial charge in [-0.2, -0.15) is 10.4 Å². The fraction of sp³-hybridized carbons (Fsp3) is 0.200. The van der Waals surface area contributed by atoms with Crippen molar-refractivity contribution < 1.29 is 4.79 Å². The van der Waals surface area contributed by atoms with Crippen LogP contribution in [0.25, 0.3) is 5.65 Å². The highest BCUT2D eigenvalue weighted by Gasteiger charge is 2.11. The van der Waals surface area contributed by atoms with Crippen LogP contribution < -0.4 is 0 Å². The summed E-state index contributed by atoms with van der Waals surface area (Å²) in [6.07, 6.45) is 2.93. The second kappa shape index (κ2) is 3.17. The molecule has 15 heavy (non-hydrogen) atoms. The van der Waals surface area contributed by atoms with Crippen LogP contribution in [-0.4, -0.2) is 20.4 Å². The summed E-state index contributed by atoms with van der Waals surface area (Å²) in [5.74, 6) is -0.0593. The molecule has 74 valence electrons. The minimum absolute atomic E-state index is 0.0593. The zero-order valence-electron chi connectivity index (χ0n) is 8.35. The molecule has 0 atom stereocenters. The normalized spacial score (nSPS) is 10.2. The fourth-order valence-corrected chi connectivity index (χ4v) is 1.47. The Balaban J connectivity index is 2.82. The smallest absolute Gasteiger partial charge is 0.173 e. The Bertz CT molecular complexity index is 591. The summed E-state index contributed by atoms with van der Waals surface area (Å²) in [5.41, 5.74) is 2.12. The summed E-state index contributed by atoms with van der Waals surface area (Å²) in [6, 6.07) is 2.00. The lowest BCUT2D eigenvalue weighted by Gasteiger charge is -2.03. The predicted octanol–water partition coefficient (Wildman–Crippen LogP) is 1.11. The number of aromatic nitrogens is 3. The second-order valence-electron chi connectivity index (χ2n) is 3.22. The van der Waals surface area contributed by atoms with Gasteiger partial charge in [0.25, 0.3) is 0 Å². The van der Waals surface area contributed by atoms with Gasteiger partial charge in [-0.3, -0.25) is 4.79 Å². The number of fused-ring (bicyclic) bond motifs is 1. The molecule has 0 aromatic carbocycles. The number of carbonyl (C=O) groups excluding carboxylic acids is 1. The summed E-state index contributed by atoms with van der Waals surface area (Å²) < 4.78 is 1.51. The molecule has 2 heterocycles. The van der Waals surface area contributed by atoms with Gasteiger partial charge in [-0.1, -0.05) is 0 Å². The number of aryl methyl sites for hydroxylation is 1. The Hall–Kier alpha value is -2.22. The first-order valence-electron chi connectivity index (χ1n) is 4.39. The average Bonchev–Trinajstić information content (AvgIpc) is 2.61. The lowest BCUT2D eigenvalue weighted by molar-refractivity contribution is 0.101. The zero-order chi connectivity index (χ0) is 11.0. The van der Waals surface area contributed by atoms with Crippen LogP contribution in [0, 0.1) is 18.3 Å². The molecule has 0 fully saturated rings. The monoisotopic (exact) mass is 200 g/mol. The molecule has 5 heteroatoms. The molecule has 0 spiro atoms. The first kappa shape index (κ1) is 9.34. The Labute approximate surface area is 86.0 Å². The van der Waals surface area contributed by atoms with Crippen molar-refractivity contribution in [3.8, 4) is 6.07 Å². The van der Waals surface area contributed by atoms with Crippen molar-refractivity contribution >= 4 is 11.4 Å². The quantitative estimate of drug-likeness (QED) is 0.646. The van der Waals surface area contributed by atoms with E-state index < -0.39 is 0 Å². The van der Waals surface area contributed by atoms with Gasteiger partial charge in [0.05, 0.1) is 17.5 Å². The van der Waals surface area contributed by atoms with Gasteiger partial charge in [0.15, 0.2) is 11.4 Å². The maximum absolute atomic E-state index is 11.2. The van der Waals surface area contributed by atoms with Crippen LogP contribution in [0.5, 0.6) is 0 Å². The van der Waals surface area contributed by atoms with Gasteiger partial charge >= 0.3 is 0 Å². The number of hydrogen-bond donors (Lipinski definition) is 0. The summed E-state index contributed by atoms with van der Waals surface area (Å²) >= 11 is 0. The van der Waals surface area contributed by atoms with Crippen molar-refractivity contribution in [2.24, 2.45) is 0 Å². The second-order valence-corrected chi connectivity index (χ2v) is 3.22. The van der Waals surface area contributed by atoms with E-state index in [1.165, 1.54) is 23.8 Å². The summed E-state index contributed by atoms with van der Waals surface area (Å²) in [6.45, 7) is 3.25. The molecule has 2 aromatic heterocycles. The van der Waals surface area contributed by atoms with Crippen molar-refractivity contribution in [3.63, 3.8) is 0 Å². The van der Waals surface area contributed by atoms with E-state index in [0.717, 1.165) is 0 Å². The van der Waals surface area contributed by atoms with Crippen LogP contribution in [0.15, 0.2) is 12.4 Å². The Kier molecular flexibility index (Phi) is 1.97. The molecule has 0 radical (unpaired) electrons. The fourth-order valence-electron chi connectivity index (χ4n) is 1.47. The van der Waals surface area contributed by atoms with E-state index in [9.17, 15) is 4.79 Å². The van der Waals surface area contributed by atoms with Gasteiger partial charge in [0.2, 0.25) is 0 Å². The van der Waals surface area contributed by atoms with E-state index in [-0.39, 0.29) is 5.78 Å². The van der Waals surface area contributed by atoms with Crippen molar-refractivity contribution in [1.29, 1.82) is 5.26 Å². The topological polar surface area (TPSA) is 71.0 Å². The molecule has 0 aliphatic heterocycles. The number of carbonyl (C=O) groups is 1. The van der Waals surface area contributed by atoms with Crippen molar-refractivity contribution in [1.82, 2.24) is 14.6 Å². The predicted molar refractivity (Wildman–Crippen MR) is 52.4 cm³/mol. The van der Waals surface area contributed by atoms with Crippen LogP contribution >= 0.6 is 0 Å². The summed E-state index contributed by atoms with van der Waals surface area (Å²) in [4.78, 5) is 15.3. The van der Waals surface area contributed by atoms with Crippen LogP contribution in [0.1, 0.15) is 28.5 Å². The molecule has 0 bridgehead atoms. The third kappa shape index (κ3) is 1.27. The van der Waals surface area contributed by atoms with Gasteiger partial charge < -0.3 is 0 Å². The molecule has 2 rings (SSSR count). The maximum Gasteiger partial charge on any atom is 0.173 e. The molecule has 0 N–H and O–H groups in total. The summed E-state index contributed by atoms with van der Waals surface area (Å²) in [5, 5.41) is 12.8. The first-order valence-corrected chi connectivity index (χ1v) is 4.39. The van der Waals surface area contributed by atoms with Crippen LogP contribution in [0.4, 0.5) is 0 Å². The van der Waals surface area contributed by atoms with Crippen molar-refractivity contribution in [2.45, 2.75) is 13.8 Å². The molecule has 0 aliphatic carbocycles. The molecule has 0 amide bonds. The Morgan fingerprint density at radius 2 is 2.27 bits per heavy atom. The number of nitriles is 1. The first-order chi connectivity index (χ1) is 7.15. The molecular weight excluding hydrogens is 192 g/mol. The van der Waals surface area contributed by atoms with E-state index in [0.29, 0.717) is 22.5 Å². The van der Waals surface area contributed by atoms with E-state index in [4.69, 9.17) is 5.26 Å². The maximum atomic E-state index is 11.2. The molecule has 0 saturated heterocycles. The van der Waals surface area contributed by atoms with Crippen LogP contribution in [0.2, 0.25) is 0 Å². The minimum Gasteiger partial charge on any atom is -0.294 e. The van der Waals surface area contributed by atoms with Crippen molar-refractivity contribution in [2.75, 3.05) is 0 Å².